The lowest BCUT2D eigenvalue weighted by molar-refractivity contribution is 0.0963. The summed E-state index contributed by atoms with van der Waals surface area (Å²) in [5, 5.41) is 16.8. The summed E-state index contributed by atoms with van der Waals surface area (Å²) in [6.45, 7) is 6.51. The average Bonchev–Trinajstić information content (AvgIpc) is 3.07. The van der Waals surface area contributed by atoms with E-state index in [0.717, 1.165) is 24.3 Å². The molecule has 1 aromatic heterocycles. The summed E-state index contributed by atoms with van der Waals surface area (Å²) in [6, 6.07) is 3.82. The monoisotopic (exact) mass is 530 g/mol. The minimum atomic E-state index is -0.673. The van der Waals surface area contributed by atoms with Crippen molar-refractivity contribution in [2.75, 3.05) is 32.8 Å². The maximum atomic E-state index is 11.8. The lowest BCUT2D eigenvalue weighted by Crippen LogP contribution is -2.50. The Morgan fingerprint density at radius 2 is 2.15 bits per heavy atom. The van der Waals surface area contributed by atoms with Gasteiger partial charge in [0.25, 0.3) is 0 Å². The topological polar surface area (TPSA) is 86.2 Å². The zero-order valence-corrected chi connectivity index (χ0v) is 19.5. The van der Waals surface area contributed by atoms with E-state index in [1.165, 1.54) is 11.3 Å². The highest BCUT2D eigenvalue weighted by Gasteiger charge is 2.24. The molecule has 10 heteroatoms. The number of nitrogens with one attached hydrogen (secondary N) is 2. The Labute approximate surface area is 186 Å². The molecule has 7 nitrogen and oxygen atoms in total. The number of piperidine rings is 1. The van der Waals surface area contributed by atoms with Gasteiger partial charge in [0.15, 0.2) is 5.96 Å². The number of hydrogen-bond donors (Lipinski definition) is 3. The van der Waals surface area contributed by atoms with Crippen LogP contribution in [0.3, 0.4) is 0 Å². The van der Waals surface area contributed by atoms with Gasteiger partial charge >= 0.3 is 6.09 Å². The number of carbonyl (C=O) groups excluding carboxylic acids is 1. The first-order valence-electron chi connectivity index (χ1n) is 8.93. The number of ether oxygens (including phenoxy) is 1. The second-order valence-electron chi connectivity index (χ2n) is 5.98. The van der Waals surface area contributed by atoms with Crippen LogP contribution in [0.15, 0.2) is 17.1 Å². The van der Waals surface area contributed by atoms with E-state index in [1.807, 2.05) is 19.9 Å². The van der Waals surface area contributed by atoms with E-state index in [9.17, 15) is 9.90 Å². The number of thiophene rings is 1. The normalized spacial score (nSPS) is 16.4. The van der Waals surface area contributed by atoms with Gasteiger partial charge in [0.2, 0.25) is 0 Å². The highest BCUT2D eigenvalue weighted by molar-refractivity contribution is 14.0. The molecule has 0 saturated carbocycles. The van der Waals surface area contributed by atoms with Crippen LogP contribution in [0.2, 0.25) is 4.34 Å². The third kappa shape index (κ3) is 8.00. The number of hydrogen-bond acceptors (Lipinski definition) is 5. The molecule has 0 aliphatic carbocycles. The number of amides is 1. The van der Waals surface area contributed by atoms with Crippen molar-refractivity contribution < 1.29 is 14.6 Å². The molecular weight excluding hydrogens is 503 g/mol. The molecule has 1 fully saturated rings. The molecule has 1 unspecified atom stereocenters. The van der Waals surface area contributed by atoms with Gasteiger partial charge in [-0.05, 0) is 38.8 Å². The molecule has 154 valence electrons. The van der Waals surface area contributed by atoms with Crippen LogP contribution >= 0.6 is 46.9 Å². The van der Waals surface area contributed by atoms with Gasteiger partial charge in [-0.3, -0.25) is 4.99 Å². The Balaban J connectivity index is 0.00000364. The van der Waals surface area contributed by atoms with Crippen molar-refractivity contribution in [1.29, 1.82) is 0 Å². The predicted molar refractivity (Wildman–Crippen MR) is 120 cm³/mol. The van der Waals surface area contributed by atoms with Crippen molar-refractivity contribution in [2.24, 2.45) is 4.99 Å². The summed E-state index contributed by atoms with van der Waals surface area (Å²) in [7, 11) is 0. The third-order valence-corrected chi connectivity index (χ3v) is 5.38. The first-order chi connectivity index (χ1) is 12.5. The second-order valence-corrected chi connectivity index (χ2v) is 7.73. The van der Waals surface area contributed by atoms with Crippen molar-refractivity contribution in [3.63, 3.8) is 0 Å². The Morgan fingerprint density at radius 1 is 1.44 bits per heavy atom. The number of guanidine groups is 1. The van der Waals surface area contributed by atoms with Crippen LogP contribution in [0, 0.1) is 0 Å². The highest BCUT2D eigenvalue weighted by Crippen LogP contribution is 2.26. The third-order valence-electron chi connectivity index (χ3n) is 4.05. The zero-order chi connectivity index (χ0) is 18.9. The van der Waals surface area contributed by atoms with Gasteiger partial charge in [0.05, 0.1) is 17.5 Å². The Morgan fingerprint density at radius 3 is 2.70 bits per heavy atom. The predicted octanol–water partition coefficient (Wildman–Crippen LogP) is 3.23. The number of likely N-dealkylation sites (tertiary alicyclic amines) is 1. The van der Waals surface area contributed by atoms with E-state index < -0.39 is 6.10 Å². The van der Waals surface area contributed by atoms with E-state index >= 15 is 0 Å². The van der Waals surface area contributed by atoms with E-state index in [1.54, 1.807) is 11.0 Å². The zero-order valence-electron chi connectivity index (χ0n) is 15.6. The van der Waals surface area contributed by atoms with Gasteiger partial charge in [-0.15, -0.1) is 35.3 Å². The Kier molecular flexibility index (Phi) is 11.4. The quantitative estimate of drug-likeness (QED) is 0.299. The summed E-state index contributed by atoms with van der Waals surface area (Å²) in [6.07, 6.45) is 0.733. The first-order valence-corrected chi connectivity index (χ1v) is 10.1. The number of aliphatic hydroxyl groups is 1. The number of aliphatic hydroxyl groups excluding tert-OH is 1. The maximum absolute atomic E-state index is 11.8. The Hall–Kier alpha value is -0.780. The molecule has 27 heavy (non-hydrogen) atoms. The highest BCUT2D eigenvalue weighted by atomic mass is 127. The number of rotatable bonds is 6. The van der Waals surface area contributed by atoms with Crippen LogP contribution in [-0.2, 0) is 4.74 Å². The van der Waals surface area contributed by atoms with Gasteiger partial charge in [-0.2, -0.15) is 0 Å². The molecule has 1 saturated heterocycles. The van der Waals surface area contributed by atoms with Crippen LogP contribution in [0.5, 0.6) is 0 Å². The van der Waals surface area contributed by atoms with E-state index in [0.29, 0.717) is 30.0 Å². The summed E-state index contributed by atoms with van der Waals surface area (Å²) in [5.74, 6) is 0.670. The SMILES string of the molecule is CCNC(=NCC(O)c1ccc(Cl)s1)NC1CCN(C(=O)OCC)CC1.I. The largest absolute Gasteiger partial charge is 0.450 e. The van der Waals surface area contributed by atoms with Crippen molar-refractivity contribution in [3.8, 4) is 0 Å². The van der Waals surface area contributed by atoms with Crippen molar-refractivity contribution in [2.45, 2.75) is 38.8 Å². The van der Waals surface area contributed by atoms with Gasteiger partial charge in [-0.1, -0.05) is 11.6 Å². The van der Waals surface area contributed by atoms with Crippen LogP contribution in [-0.4, -0.2) is 60.9 Å². The minimum Gasteiger partial charge on any atom is -0.450 e. The van der Waals surface area contributed by atoms with Crippen molar-refractivity contribution >= 4 is 59.0 Å². The smallest absolute Gasteiger partial charge is 0.409 e. The molecule has 0 spiro atoms. The molecule has 3 N–H and O–H groups in total. The van der Waals surface area contributed by atoms with Gasteiger partial charge < -0.3 is 25.4 Å². The molecule has 0 radical (unpaired) electrons. The first kappa shape index (κ1) is 24.3. The molecular formula is C17H28ClIN4O3S. The van der Waals surface area contributed by atoms with Crippen molar-refractivity contribution in [3.05, 3.63) is 21.3 Å². The molecule has 1 atom stereocenters. The summed E-state index contributed by atoms with van der Waals surface area (Å²) >= 11 is 7.27. The van der Waals surface area contributed by atoms with E-state index in [-0.39, 0.29) is 42.7 Å². The minimum absolute atomic E-state index is 0. The molecule has 0 aromatic carbocycles. The van der Waals surface area contributed by atoms with Crippen molar-refractivity contribution in [1.82, 2.24) is 15.5 Å². The van der Waals surface area contributed by atoms with E-state index in [4.69, 9.17) is 16.3 Å². The molecule has 1 aliphatic heterocycles. The summed E-state index contributed by atoms with van der Waals surface area (Å²) in [4.78, 5) is 18.8. The van der Waals surface area contributed by atoms with Crippen LogP contribution in [0.4, 0.5) is 4.79 Å². The Bertz CT molecular complexity index is 609. The van der Waals surface area contributed by atoms with Crippen LogP contribution in [0.1, 0.15) is 37.7 Å². The maximum Gasteiger partial charge on any atom is 0.409 e. The lowest BCUT2D eigenvalue weighted by atomic mass is 10.1. The van der Waals surface area contributed by atoms with Crippen LogP contribution < -0.4 is 10.6 Å². The molecule has 1 aromatic rings. The lowest BCUT2D eigenvalue weighted by Gasteiger charge is -2.32. The molecule has 1 aliphatic rings. The fourth-order valence-electron chi connectivity index (χ4n) is 2.71. The van der Waals surface area contributed by atoms with Gasteiger partial charge in [0, 0.05) is 30.6 Å². The van der Waals surface area contributed by atoms with Gasteiger partial charge in [-0.25, -0.2) is 4.79 Å². The van der Waals surface area contributed by atoms with E-state index in [2.05, 4.69) is 15.6 Å². The van der Waals surface area contributed by atoms with Crippen LogP contribution in [0.25, 0.3) is 0 Å². The second kappa shape index (κ2) is 12.6. The number of nitrogens with zero attached hydrogens (tertiary/aromatic N) is 2. The summed E-state index contributed by atoms with van der Waals surface area (Å²) in [5.41, 5.74) is 0. The molecule has 1 amide bonds. The fraction of sp³-hybridized carbons (Fsp3) is 0.647. The molecule has 0 bridgehead atoms. The number of halogens is 2. The number of carbonyl (C=O) groups is 1. The number of aliphatic imine (C=N–C) groups is 1. The fourth-order valence-corrected chi connectivity index (χ4v) is 3.75. The average molecular weight is 531 g/mol. The van der Waals surface area contributed by atoms with Gasteiger partial charge in [0.1, 0.15) is 6.10 Å². The molecule has 2 rings (SSSR count). The molecule has 2 heterocycles. The summed E-state index contributed by atoms with van der Waals surface area (Å²) < 4.78 is 5.69. The standard InChI is InChI=1S/C17H27ClN4O3S.HI/c1-3-19-16(20-11-13(23)14-5-6-15(18)26-14)21-12-7-9-22(10-8-12)17(24)25-4-2;/h5-6,12-13,23H,3-4,7-11H2,1-2H3,(H2,19,20,21);1H.